The fraction of sp³-hybridized carbons (Fsp3) is 0.167. The van der Waals surface area contributed by atoms with Crippen molar-refractivity contribution in [3.8, 4) is 0 Å². The van der Waals surface area contributed by atoms with Gasteiger partial charge < -0.3 is 19.3 Å². The van der Waals surface area contributed by atoms with Crippen molar-refractivity contribution in [3.63, 3.8) is 0 Å². The van der Waals surface area contributed by atoms with Crippen molar-refractivity contribution in [1.82, 2.24) is 4.57 Å². The highest BCUT2D eigenvalue weighted by atomic mass is 32.2. The molecule has 10 heteroatoms. The van der Waals surface area contributed by atoms with Gasteiger partial charge in [0.2, 0.25) is 5.43 Å². The van der Waals surface area contributed by atoms with Crippen LogP contribution in [0.1, 0.15) is 39.6 Å². The highest BCUT2D eigenvalue weighted by Gasteiger charge is 2.27. The SMILES string of the molecule is CCC1=CCc2cc(F)c(F)cc2N1COC(=O)c1ccccc1.O=C(O)c1c2n(c3ccccc3c1=O)CS2. The fourth-order valence-corrected chi connectivity index (χ4v) is 5.60. The van der Waals surface area contributed by atoms with Gasteiger partial charge in [0.1, 0.15) is 5.56 Å². The van der Waals surface area contributed by atoms with Crippen LogP contribution in [0.25, 0.3) is 10.9 Å². The first-order valence-corrected chi connectivity index (χ1v) is 13.5. The molecule has 0 atom stereocenters. The number of carbonyl (C=O) groups excluding carboxylic acids is 1. The van der Waals surface area contributed by atoms with E-state index in [4.69, 9.17) is 9.84 Å². The molecule has 0 saturated heterocycles. The fourth-order valence-electron chi connectivity index (χ4n) is 4.65. The molecule has 1 aromatic heterocycles. The minimum Gasteiger partial charge on any atom is -0.477 e. The number of allylic oxidation sites excluding steroid dienone is 2. The van der Waals surface area contributed by atoms with Crippen LogP contribution in [0.15, 0.2) is 88.3 Å². The molecule has 0 aliphatic carbocycles. The number of esters is 1. The smallest absolute Gasteiger partial charge is 0.342 e. The number of carboxylic acids is 1. The molecule has 40 heavy (non-hydrogen) atoms. The number of hydrogen-bond acceptors (Lipinski definition) is 6. The van der Waals surface area contributed by atoms with Crippen LogP contribution < -0.4 is 10.3 Å². The number of halogens is 2. The number of hydrogen-bond donors (Lipinski definition) is 1. The Morgan fingerprint density at radius 1 is 1.02 bits per heavy atom. The lowest BCUT2D eigenvalue weighted by Gasteiger charge is -2.31. The maximum Gasteiger partial charge on any atom is 0.342 e. The monoisotopic (exact) mass is 562 g/mol. The second kappa shape index (κ2) is 11.4. The molecule has 7 nitrogen and oxygen atoms in total. The minimum absolute atomic E-state index is 0.0501. The summed E-state index contributed by atoms with van der Waals surface area (Å²) >= 11 is 1.40. The quantitative estimate of drug-likeness (QED) is 0.290. The van der Waals surface area contributed by atoms with E-state index in [0.717, 1.165) is 17.3 Å². The van der Waals surface area contributed by atoms with E-state index in [-0.39, 0.29) is 17.7 Å². The lowest BCUT2D eigenvalue weighted by Crippen LogP contribution is -2.30. The molecule has 1 N–H and O–H groups in total. The Bertz CT molecular complexity index is 1720. The molecule has 0 bridgehead atoms. The van der Waals surface area contributed by atoms with E-state index in [9.17, 15) is 23.2 Å². The van der Waals surface area contributed by atoms with Gasteiger partial charge in [-0.25, -0.2) is 18.4 Å². The van der Waals surface area contributed by atoms with E-state index in [1.165, 1.54) is 17.8 Å². The lowest BCUT2D eigenvalue weighted by molar-refractivity contribution is 0.0509. The first kappa shape index (κ1) is 27.1. The number of carboxylic acid groups (broad SMARTS) is 1. The number of thioether (sulfide) groups is 1. The van der Waals surface area contributed by atoms with Gasteiger partial charge in [-0.05, 0) is 48.7 Å². The molecule has 0 fully saturated rings. The van der Waals surface area contributed by atoms with E-state index in [1.54, 1.807) is 41.3 Å². The van der Waals surface area contributed by atoms with Crippen LogP contribution in [0.4, 0.5) is 14.5 Å². The van der Waals surface area contributed by atoms with Crippen molar-refractivity contribution >= 4 is 40.3 Å². The van der Waals surface area contributed by atoms with Gasteiger partial charge in [0.05, 0.1) is 27.7 Å². The average molecular weight is 563 g/mol. The van der Waals surface area contributed by atoms with Crippen molar-refractivity contribution in [1.29, 1.82) is 0 Å². The van der Waals surface area contributed by atoms with Crippen LogP contribution in [0.2, 0.25) is 0 Å². The molecule has 3 heterocycles. The number of carbonyl (C=O) groups is 2. The molecule has 4 aromatic rings. The summed E-state index contributed by atoms with van der Waals surface area (Å²) in [5.74, 6) is -2.68. The Hall–Kier alpha value is -4.44. The first-order valence-electron chi connectivity index (χ1n) is 12.5. The van der Waals surface area contributed by atoms with Crippen molar-refractivity contribution < 1.29 is 28.2 Å². The molecule has 6 rings (SSSR count). The zero-order valence-corrected chi connectivity index (χ0v) is 22.2. The van der Waals surface area contributed by atoms with E-state index in [0.29, 0.717) is 45.9 Å². The van der Waals surface area contributed by atoms with Crippen molar-refractivity contribution in [3.05, 3.63) is 117 Å². The first-order chi connectivity index (χ1) is 19.3. The normalized spacial score (nSPS) is 13.3. The highest BCUT2D eigenvalue weighted by Crippen LogP contribution is 2.36. The molecular formula is C30H24F2N2O5S. The number of fused-ring (bicyclic) bond motifs is 4. The molecule has 0 unspecified atom stereocenters. The summed E-state index contributed by atoms with van der Waals surface area (Å²) in [7, 11) is 0. The highest BCUT2D eigenvalue weighted by molar-refractivity contribution is 7.99. The van der Waals surface area contributed by atoms with Crippen LogP contribution in [-0.2, 0) is 17.0 Å². The number of pyridine rings is 1. The molecule has 204 valence electrons. The summed E-state index contributed by atoms with van der Waals surface area (Å²) in [5, 5.41) is 10.1. The predicted molar refractivity (Wildman–Crippen MR) is 149 cm³/mol. The van der Waals surface area contributed by atoms with E-state index in [2.05, 4.69) is 0 Å². The van der Waals surface area contributed by atoms with Gasteiger partial charge >= 0.3 is 11.9 Å². The molecule has 0 spiro atoms. The Morgan fingerprint density at radius 3 is 2.40 bits per heavy atom. The van der Waals surface area contributed by atoms with Gasteiger partial charge in [0.15, 0.2) is 18.4 Å². The number of aromatic carboxylic acids is 1. The van der Waals surface area contributed by atoms with Crippen molar-refractivity contribution in [2.75, 3.05) is 11.6 Å². The maximum absolute atomic E-state index is 13.6. The number of aromatic nitrogens is 1. The van der Waals surface area contributed by atoms with Gasteiger partial charge in [-0.2, -0.15) is 0 Å². The summed E-state index contributed by atoms with van der Waals surface area (Å²) in [6.07, 6.45) is 3.16. The Morgan fingerprint density at radius 2 is 1.73 bits per heavy atom. The molecule has 3 aromatic carbocycles. The standard InChI is InChI=1S/C19H17F2NO2.C11H7NO3S/c1-2-15-9-8-14-10-16(20)17(21)11-18(14)22(15)12-24-19(23)13-6-4-3-5-7-13;13-9-6-3-1-2-4-7(6)12-5-16-10(12)8(9)11(14)15/h3-7,9-11H,2,8,12H2,1H3;1-4H,5H2,(H,14,15). The lowest BCUT2D eigenvalue weighted by atomic mass is 10.0. The third kappa shape index (κ3) is 5.10. The Balaban J connectivity index is 0.000000174. The topological polar surface area (TPSA) is 88.8 Å². The molecule has 2 aliphatic heterocycles. The van der Waals surface area contributed by atoms with Crippen LogP contribution in [0.3, 0.4) is 0 Å². The van der Waals surface area contributed by atoms with Gasteiger partial charge in [0.25, 0.3) is 0 Å². The number of rotatable bonds is 5. The number of anilines is 1. The Labute approximate surface area is 232 Å². The number of benzene rings is 3. The van der Waals surface area contributed by atoms with E-state index < -0.39 is 23.6 Å². The number of nitrogens with zero attached hydrogens (tertiary/aromatic N) is 2. The summed E-state index contributed by atoms with van der Waals surface area (Å²) in [5.41, 5.74) is 2.88. The summed E-state index contributed by atoms with van der Waals surface area (Å²) in [4.78, 5) is 36.8. The average Bonchev–Trinajstić information content (AvgIpc) is 2.94. The number of ether oxygens (including phenoxy) is 1. The Kier molecular flexibility index (Phi) is 7.70. The van der Waals surface area contributed by atoms with Crippen molar-refractivity contribution in [2.24, 2.45) is 0 Å². The second-order valence-corrected chi connectivity index (χ2v) is 9.97. The summed E-state index contributed by atoms with van der Waals surface area (Å²) in [6.45, 7) is 1.91. The van der Waals surface area contributed by atoms with Crippen LogP contribution in [0, 0.1) is 11.6 Å². The predicted octanol–water partition coefficient (Wildman–Crippen LogP) is 6.20. The van der Waals surface area contributed by atoms with Crippen molar-refractivity contribution in [2.45, 2.75) is 30.7 Å². The van der Waals surface area contributed by atoms with Crippen LogP contribution >= 0.6 is 11.8 Å². The third-order valence-electron chi connectivity index (χ3n) is 6.68. The molecule has 0 saturated carbocycles. The molecule has 0 radical (unpaired) electrons. The van der Waals surface area contributed by atoms with E-state index in [1.807, 2.05) is 35.8 Å². The molecular weight excluding hydrogens is 538 g/mol. The van der Waals surface area contributed by atoms with Gasteiger partial charge in [-0.1, -0.05) is 55.1 Å². The third-order valence-corrected chi connectivity index (χ3v) is 7.77. The molecule has 2 aliphatic rings. The van der Waals surface area contributed by atoms with Gasteiger partial charge in [0, 0.05) is 17.1 Å². The van der Waals surface area contributed by atoms with Gasteiger partial charge in [-0.3, -0.25) is 4.79 Å². The zero-order chi connectivity index (χ0) is 28.4. The maximum atomic E-state index is 13.6. The number of para-hydroxylation sites is 1. The largest absolute Gasteiger partial charge is 0.477 e. The summed E-state index contributed by atoms with van der Waals surface area (Å²) < 4.78 is 34.3. The van der Waals surface area contributed by atoms with E-state index >= 15 is 0 Å². The molecule has 0 amide bonds. The zero-order valence-electron chi connectivity index (χ0n) is 21.4. The summed E-state index contributed by atoms with van der Waals surface area (Å²) in [6, 6.07) is 18.1. The van der Waals surface area contributed by atoms with Crippen LogP contribution in [-0.4, -0.2) is 28.3 Å². The van der Waals surface area contributed by atoms with Crippen LogP contribution in [0.5, 0.6) is 0 Å². The van der Waals surface area contributed by atoms with Gasteiger partial charge in [-0.15, -0.1) is 0 Å². The second-order valence-electron chi connectivity index (χ2n) is 9.04. The minimum atomic E-state index is -1.15.